The molecule has 1 atom stereocenters. The fourth-order valence-corrected chi connectivity index (χ4v) is 3.84. The van der Waals surface area contributed by atoms with E-state index >= 15 is 0 Å². The summed E-state index contributed by atoms with van der Waals surface area (Å²) in [6.07, 6.45) is 0.530. The van der Waals surface area contributed by atoms with Gasteiger partial charge in [-0.25, -0.2) is 4.79 Å². The summed E-state index contributed by atoms with van der Waals surface area (Å²) in [5, 5.41) is 7.96. The van der Waals surface area contributed by atoms with Crippen LogP contribution in [-0.2, 0) is 23.6 Å². The number of halogens is 7. The van der Waals surface area contributed by atoms with E-state index in [0.29, 0.717) is 25.1 Å². The van der Waals surface area contributed by atoms with Gasteiger partial charge in [-0.05, 0) is 54.4 Å². The number of carboxylic acids is 1. The fourth-order valence-electron chi connectivity index (χ4n) is 3.62. The molecule has 0 saturated heterocycles. The molecule has 0 saturated carbocycles. The number of carboxylic acid groups (broad SMARTS) is 1. The molecule has 0 aliphatic heterocycles. The number of nitrogens with two attached hydrogens (primary N) is 1. The number of carbonyl (C=O) groups excluding carboxylic acids is 1. The number of hydrogen-bond acceptors (Lipinski definition) is 4. The van der Waals surface area contributed by atoms with Gasteiger partial charge in [-0.3, -0.25) is 9.78 Å². The molecule has 2 aromatic rings. The lowest BCUT2D eigenvalue weighted by atomic mass is 9.96. The lowest BCUT2D eigenvalue weighted by Gasteiger charge is -2.35. The summed E-state index contributed by atoms with van der Waals surface area (Å²) >= 11 is 6.55. The maximum absolute atomic E-state index is 13.2. The lowest BCUT2D eigenvalue weighted by Crippen LogP contribution is -2.44. The number of allylic oxidation sites excluding steroid dienone is 3. The van der Waals surface area contributed by atoms with Crippen LogP contribution >= 0.6 is 11.6 Å². The zero-order valence-electron chi connectivity index (χ0n) is 22.1. The van der Waals surface area contributed by atoms with Gasteiger partial charge in [0.15, 0.2) is 0 Å². The molecule has 13 heteroatoms. The third kappa shape index (κ3) is 9.46. The number of aromatic nitrogens is 1. The summed E-state index contributed by atoms with van der Waals surface area (Å²) in [6.45, 7) is 2.35. The number of hydrogen-bond donors (Lipinski definition) is 2. The van der Waals surface area contributed by atoms with E-state index in [2.05, 4.69) is 4.98 Å². The van der Waals surface area contributed by atoms with E-state index < -0.39 is 45.9 Å². The van der Waals surface area contributed by atoms with Gasteiger partial charge in [0.1, 0.15) is 5.00 Å². The minimum atomic E-state index is -5.07. The molecule has 0 radical (unpaired) electrons. The Kier molecular flexibility index (Phi) is 11.3. The average molecular weight is 604 g/mol. The molecule has 1 aliphatic rings. The molecule has 0 spiro atoms. The predicted molar refractivity (Wildman–Crippen MR) is 143 cm³/mol. The number of carbonyl (C=O) groups is 2. The van der Waals surface area contributed by atoms with E-state index in [-0.39, 0.29) is 12.5 Å². The second-order valence-electron chi connectivity index (χ2n) is 8.90. The van der Waals surface area contributed by atoms with E-state index in [1.165, 1.54) is 13.1 Å². The molecule has 41 heavy (non-hydrogen) atoms. The van der Waals surface area contributed by atoms with E-state index in [0.717, 1.165) is 34.2 Å². The number of likely N-dealkylation sites (N-methyl/N-ethyl adjacent to an activating group) is 1. The fraction of sp³-hybridized carbons (Fsp3) is 0.321. The maximum Gasteiger partial charge on any atom is 0.416 e. The van der Waals surface area contributed by atoms with Crippen molar-refractivity contribution in [1.82, 2.24) is 9.88 Å². The Morgan fingerprint density at radius 1 is 1.12 bits per heavy atom. The van der Waals surface area contributed by atoms with Gasteiger partial charge in [0.25, 0.3) is 5.91 Å². The monoisotopic (exact) mass is 603 g/mol. The maximum atomic E-state index is 13.2. The third-order valence-corrected chi connectivity index (χ3v) is 6.41. The van der Waals surface area contributed by atoms with Crippen LogP contribution in [0, 0.1) is 0 Å². The molecule has 0 bridgehead atoms. The van der Waals surface area contributed by atoms with Crippen LogP contribution in [0.25, 0.3) is 5.57 Å². The summed E-state index contributed by atoms with van der Waals surface area (Å²) < 4.78 is 78.9. The van der Waals surface area contributed by atoms with E-state index in [1.54, 1.807) is 24.4 Å². The standard InChI is InChI=1S/C23H20ClF6N3O.C5H8O2/c1-33(20(34)16-10-17(22(25,26)27)12-18(11-16)23(28,29)30)21(24)7-4-14(5-8-21)15-2-3-19(6-9-31)32-13-15;1-2-3-4-5(6)7/h2-5,7,10-13H,6,8-9,31H2,1H3;3-4H,2H2,1H3,(H,6,7)/t21-;/m0./s1. The molecule has 1 aliphatic carbocycles. The molecular weight excluding hydrogens is 576 g/mol. The highest BCUT2D eigenvalue weighted by Crippen LogP contribution is 2.38. The summed E-state index contributed by atoms with van der Waals surface area (Å²) in [5.41, 5.74) is 3.93. The number of benzene rings is 1. The zero-order chi connectivity index (χ0) is 31.0. The summed E-state index contributed by atoms with van der Waals surface area (Å²) in [4.78, 5) is 26.3. The van der Waals surface area contributed by atoms with Crippen molar-refractivity contribution in [3.63, 3.8) is 0 Å². The highest BCUT2D eigenvalue weighted by Gasteiger charge is 2.39. The van der Waals surface area contributed by atoms with Crippen LogP contribution in [0.4, 0.5) is 26.3 Å². The quantitative estimate of drug-likeness (QED) is 0.159. The molecule has 1 aromatic carbocycles. The molecule has 0 fully saturated rings. The van der Waals surface area contributed by atoms with Crippen LogP contribution in [0.5, 0.6) is 0 Å². The average Bonchev–Trinajstić information content (AvgIpc) is 2.91. The van der Waals surface area contributed by atoms with Crippen LogP contribution < -0.4 is 5.73 Å². The first kappa shape index (κ1) is 33.6. The van der Waals surface area contributed by atoms with Gasteiger partial charge in [-0.1, -0.05) is 42.8 Å². The van der Waals surface area contributed by atoms with Gasteiger partial charge in [-0.15, -0.1) is 0 Å². The van der Waals surface area contributed by atoms with E-state index in [9.17, 15) is 35.9 Å². The van der Waals surface area contributed by atoms with Gasteiger partial charge in [0.2, 0.25) is 0 Å². The second-order valence-corrected chi connectivity index (χ2v) is 9.55. The molecule has 3 rings (SSSR count). The van der Waals surface area contributed by atoms with Crippen molar-refractivity contribution in [1.29, 1.82) is 0 Å². The van der Waals surface area contributed by atoms with Gasteiger partial charge in [0, 0.05) is 43.4 Å². The Balaban J connectivity index is 0.000000745. The van der Waals surface area contributed by atoms with Gasteiger partial charge in [-0.2, -0.15) is 26.3 Å². The van der Waals surface area contributed by atoms with Crippen molar-refractivity contribution in [3.05, 3.63) is 94.9 Å². The Bertz CT molecular complexity index is 1290. The Labute approximate surface area is 237 Å². The highest BCUT2D eigenvalue weighted by atomic mass is 35.5. The topological polar surface area (TPSA) is 96.5 Å². The third-order valence-electron chi connectivity index (χ3n) is 5.88. The largest absolute Gasteiger partial charge is 0.478 e. The molecular formula is C28H28ClF6N3O3. The predicted octanol–water partition coefficient (Wildman–Crippen LogP) is 6.71. The molecule has 6 nitrogen and oxygen atoms in total. The molecule has 0 unspecified atom stereocenters. The van der Waals surface area contributed by atoms with E-state index in [4.69, 9.17) is 22.4 Å². The lowest BCUT2D eigenvalue weighted by molar-refractivity contribution is -0.143. The summed E-state index contributed by atoms with van der Waals surface area (Å²) in [5.74, 6) is -1.96. The molecule has 1 amide bonds. The van der Waals surface area contributed by atoms with Crippen LogP contribution in [0.15, 0.2) is 66.9 Å². The van der Waals surface area contributed by atoms with Crippen molar-refractivity contribution in [2.24, 2.45) is 5.73 Å². The van der Waals surface area contributed by atoms with Crippen LogP contribution in [0.1, 0.15) is 52.5 Å². The van der Waals surface area contributed by atoms with Crippen LogP contribution in [0.3, 0.4) is 0 Å². The highest BCUT2D eigenvalue weighted by molar-refractivity contribution is 6.26. The Morgan fingerprint density at radius 2 is 1.73 bits per heavy atom. The number of aliphatic carboxylic acids is 1. The SMILES string of the molecule is CCC=CC(=O)O.CN(C(=O)c1cc(C(F)(F)F)cc(C(F)(F)F)c1)[C@@]1(Cl)C=CC(c2ccc(CCN)nc2)=CC1. The van der Waals surface area contributed by atoms with Crippen LogP contribution in [0.2, 0.25) is 0 Å². The molecule has 3 N–H and O–H groups in total. The summed E-state index contributed by atoms with van der Waals surface area (Å²) in [7, 11) is 1.22. The number of rotatable bonds is 7. The number of amides is 1. The number of nitrogens with zero attached hydrogens (tertiary/aromatic N) is 2. The first-order chi connectivity index (χ1) is 19.0. The first-order valence-corrected chi connectivity index (χ1v) is 12.6. The second kappa shape index (κ2) is 13.8. The van der Waals surface area contributed by atoms with Crippen molar-refractivity contribution >= 4 is 29.1 Å². The number of alkyl halides is 7. The smallest absolute Gasteiger partial charge is 0.416 e. The van der Waals surface area contributed by atoms with Gasteiger partial charge in [0.05, 0.1) is 11.1 Å². The molecule has 1 aromatic heterocycles. The summed E-state index contributed by atoms with van der Waals surface area (Å²) in [6, 6.07) is 4.40. The van der Waals surface area contributed by atoms with Gasteiger partial charge < -0.3 is 15.7 Å². The van der Waals surface area contributed by atoms with Crippen molar-refractivity contribution in [2.75, 3.05) is 13.6 Å². The molecule has 222 valence electrons. The van der Waals surface area contributed by atoms with E-state index in [1.807, 2.05) is 19.1 Å². The normalized spacial score (nSPS) is 17.1. The zero-order valence-corrected chi connectivity index (χ0v) is 22.8. The minimum Gasteiger partial charge on any atom is -0.478 e. The van der Waals surface area contributed by atoms with Crippen LogP contribution in [-0.4, -0.2) is 45.5 Å². The Hall–Kier alpha value is -3.64. The minimum absolute atomic E-state index is 0.0321. The number of pyridine rings is 1. The van der Waals surface area contributed by atoms with Crippen molar-refractivity contribution < 1.29 is 41.0 Å². The van der Waals surface area contributed by atoms with Gasteiger partial charge >= 0.3 is 18.3 Å². The van der Waals surface area contributed by atoms with Crippen molar-refractivity contribution in [2.45, 2.75) is 43.5 Å². The molecule has 1 heterocycles. The first-order valence-electron chi connectivity index (χ1n) is 12.2. The Morgan fingerprint density at radius 3 is 2.12 bits per heavy atom. The van der Waals surface area contributed by atoms with Crippen molar-refractivity contribution in [3.8, 4) is 0 Å².